The summed E-state index contributed by atoms with van der Waals surface area (Å²) in [5.41, 5.74) is 0.772. The highest BCUT2D eigenvalue weighted by Crippen LogP contribution is 2.02. The third kappa shape index (κ3) is 8.74. The maximum absolute atomic E-state index is 11.1. The predicted molar refractivity (Wildman–Crippen MR) is 56.1 cm³/mol. The van der Waals surface area contributed by atoms with Gasteiger partial charge < -0.3 is 9.84 Å². The number of carbonyl (C=O) groups excluding carboxylic acids is 1. The molecule has 0 aliphatic carbocycles. The first-order valence-electron chi connectivity index (χ1n) is 4.76. The van der Waals surface area contributed by atoms with E-state index in [0.29, 0.717) is 12.8 Å². The molecule has 0 amide bonds. The van der Waals surface area contributed by atoms with Crippen molar-refractivity contribution in [1.29, 1.82) is 0 Å². The van der Waals surface area contributed by atoms with E-state index in [0.717, 1.165) is 5.57 Å². The van der Waals surface area contributed by atoms with E-state index >= 15 is 0 Å². The molecule has 0 heterocycles. The van der Waals surface area contributed by atoms with Crippen LogP contribution in [0, 0.1) is 0 Å². The second-order valence-corrected chi connectivity index (χ2v) is 3.16. The molecule has 0 saturated heterocycles. The van der Waals surface area contributed by atoms with Gasteiger partial charge in [0, 0.05) is 12.8 Å². The number of allylic oxidation sites excluding steroid dienone is 2. The summed E-state index contributed by atoms with van der Waals surface area (Å²) < 4.78 is 4.78. The maximum atomic E-state index is 11.1. The summed E-state index contributed by atoms with van der Waals surface area (Å²) in [6, 6.07) is 0. The van der Waals surface area contributed by atoms with Gasteiger partial charge in [-0.1, -0.05) is 12.7 Å². The van der Waals surface area contributed by atoms with Crippen LogP contribution in [-0.4, -0.2) is 17.0 Å². The fourth-order valence-corrected chi connectivity index (χ4v) is 0.811. The van der Waals surface area contributed by atoms with Gasteiger partial charge in [-0.15, -0.1) is 0 Å². The second kappa shape index (κ2) is 7.79. The molecule has 0 aliphatic rings. The van der Waals surface area contributed by atoms with Gasteiger partial charge in [0.25, 0.3) is 0 Å². The van der Waals surface area contributed by atoms with E-state index < -0.39 is 5.97 Å². The van der Waals surface area contributed by atoms with Crippen molar-refractivity contribution in [3.63, 3.8) is 0 Å². The highest BCUT2D eigenvalue weighted by atomic mass is 16.5. The number of ether oxygens (including phenoxy) is 1. The zero-order valence-electron chi connectivity index (χ0n) is 8.86. The molecule has 4 heteroatoms. The molecule has 0 aromatic heterocycles. The second-order valence-electron chi connectivity index (χ2n) is 3.16. The first-order chi connectivity index (χ1) is 7.06. The van der Waals surface area contributed by atoms with Crippen LogP contribution >= 0.6 is 0 Å². The van der Waals surface area contributed by atoms with Crippen LogP contribution in [0.4, 0.5) is 0 Å². The Balaban J connectivity index is 3.58. The zero-order valence-corrected chi connectivity index (χ0v) is 8.86. The Bertz CT molecular complexity index is 266. The number of aliphatic carboxylic acids is 1. The molecule has 1 N–H and O–H groups in total. The monoisotopic (exact) mass is 212 g/mol. The summed E-state index contributed by atoms with van der Waals surface area (Å²) in [5, 5.41) is 8.35. The van der Waals surface area contributed by atoms with Crippen molar-refractivity contribution in [3.8, 4) is 0 Å². The van der Waals surface area contributed by atoms with Crippen LogP contribution in [0.3, 0.4) is 0 Å². The van der Waals surface area contributed by atoms with Crippen LogP contribution in [0.5, 0.6) is 0 Å². The molecule has 0 atom stereocenters. The Labute approximate surface area is 89.2 Å². The molecule has 4 nitrogen and oxygen atoms in total. The van der Waals surface area contributed by atoms with E-state index in [1.165, 1.54) is 6.26 Å². The molecule has 84 valence electrons. The van der Waals surface area contributed by atoms with E-state index in [-0.39, 0.29) is 18.8 Å². The summed E-state index contributed by atoms with van der Waals surface area (Å²) in [6.45, 7) is 5.28. The fourth-order valence-electron chi connectivity index (χ4n) is 0.811. The van der Waals surface area contributed by atoms with E-state index in [1.807, 2.05) is 0 Å². The van der Waals surface area contributed by atoms with Crippen LogP contribution < -0.4 is 0 Å². The lowest BCUT2D eigenvalue weighted by molar-refractivity contribution is -0.139. The van der Waals surface area contributed by atoms with Gasteiger partial charge in [-0.2, -0.15) is 0 Å². The highest BCUT2D eigenvalue weighted by Gasteiger charge is 2.02. The minimum absolute atomic E-state index is 0.0921. The van der Waals surface area contributed by atoms with Crippen LogP contribution in [-0.2, 0) is 14.3 Å². The molecule has 0 radical (unpaired) electrons. The van der Waals surface area contributed by atoms with Crippen molar-refractivity contribution in [3.05, 3.63) is 24.5 Å². The topological polar surface area (TPSA) is 63.6 Å². The van der Waals surface area contributed by atoms with Gasteiger partial charge in [-0.25, -0.2) is 0 Å². The molecule has 0 aliphatic heterocycles. The van der Waals surface area contributed by atoms with Crippen molar-refractivity contribution >= 4 is 11.9 Å². The molecule has 0 bridgehead atoms. The molecule has 0 rings (SSSR count). The quantitative estimate of drug-likeness (QED) is 0.304. The molecule has 0 fully saturated rings. The van der Waals surface area contributed by atoms with Crippen LogP contribution in [0.15, 0.2) is 24.5 Å². The van der Waals surface area contributed by atoms with E-state index in [4.69, 9.17) is 9.84 Å². The Hall–Kier alpha value is -1.58. The molecular formula is C11H16O4. The number of rotatable bonds is 7. The zero-order chi connectivity index (χ0) is 11.7. The van der Waals surface area contributed by atoms with Gasteiger partial charge >= 0.3 is 11.9 Å². The largest absolute Gasteiger partial charge is 0.481 e. The van der Waals surface area contributed by atoms with Gasteiger partial charge in [0.1, 0.15) is 0 Å². The molecule has 0 spiro atoms. The predicted octanol–water partition coefficient (Wildman–Crippen LogP) is 2.26. The highest BCUT2D eigenvalue weighted by molar-refractivity contribution is 5.70. The summed E-state index contributed by atoms with van der Waals surface area (Å²) in [4.78, 5) is 21.2. The van der Waals surface area contributed by atoms with Gasteiger partial charge in [0.05, 0.1) is 6.26 Å². The molecular weight excluding hydrogens is 196 g/mol. The van der Waals surface area contributed by atoms with Gasteiger partial charge in [0.15, 0.2) is 0 Å². The minimum atomic E-state index is -0.842. The smallest absolute Gasteiger partial charge is 0.310 e. The van der Waals surface area contributed by atoms with Crippen molar-refractivity contribution < 1.29 is 19.4 Å². The average Bonchev–Trinajstić information content (AvgIpc) is 2.20. The Morgan fingerprint density at radius 2 is 1.93 bits per heavy atom. The lowest BCUT2D eigenvalue weighted by atomic mass is 10.2. The van der Waals surface area contributed by atoms with Crippen molar-refractivity contribution in [2.24, 2.45) is 0 Å². The number of esters is 1. The normalized spacial score (nSPS) is 10.9. The Morgan fingerprint density at radius 3 is 2.47 bits per heavy atom. The minimum Gasteiger partial charge on any atom is -0.481 e. The summed E-state index contributed by atoms with van der Waals surface area (Å²) in [6.07, 6.45) is 4.29. The van der Waals surface area contributed by atoms with Gasteiger partial charge in [0.2, 0.25) is 0 Å². The summed E-state index contributed by atoms with van der Waals surface area (Å²) in [5.74, 6) is -1.19. The number of carbonyl (C=O) groups is 2. The number of unbranched alkanes of at least 4 members (excludes halogenated alkanes) is 1. The molecule has 15 heavy (non-hydrogen) atoms. The van der Waals surface area contributed by atoms with Crippen molar-refractivity contribution in [2.75, 3.05) is 0 Å². The van der Waals surface area contributed by atoms with Crippen LogP contribution in [0.1, 0.15) is 32.6 Å². The van der Waals surface area contributed by atoms with Gasteiger partial charge in [-0.05, 0) is 25.3 Å². The van der Waals surface area contributed by atoms with E-state index in [9.17, 15) is 9.59 Å². The third-order valence-corrected chi connectivity index (χ3v) is 1.72. The average molecular weight is 212 g/mol. The van der Waals surface area contributed by atoms with E-state index in [2.05, 4.69) is 6.58 Å². The Kier molecular flexibility index (Phi) is 6.97. The maximum Gasteiger partial charge on any atom is 0.310 e. The third-order valence-electron chi connectivity index (χ3n) is 1.72. The molecule has 0 unspecified atom stereocenters. The fraction of sp³-hybridized carbons (Fsp3) is 0.455. The van der Waals surface area contributed by atoms with Crippen LogP contribution in [0.2, 0.25) is 0 Å². The number of carboxylic acid groups (broad SMARTS) is 1. The van der Waals surface area contributed by atoms with Crippen molar-refractivity contribution in [2.45, 2.75) is 32.6 Å². The first-order valence-corrected chi connectivity index (χ1v) is 4.76. The summed E-state index contributed by atoms with van der Waals surface area (Å²) in [7, 11) is 0. The molecule has 0 aromatic carbocycles. The number of hydrogen-bond acceptors (Lipinski definition) is 3. The SMILES string of the molecule is C=CC(C)=COC(=O)CCCCC(=O)O. The molecule has 0 saturated carbocycles. The van der Waals surface area contributed by atoms with Crippen molar-refractivity contribution in [1.82, 2.24) is 0 Å². The first kappa shape index (κ1) is 13.4. The lowest BCUT2D eigenvalue weighted by Gasteiger charge is -1.99. The standard InChI is InChI=1S/C11H16O4/c1-3-9(2)8-15-11(14)7-5-4-6-10(12)13/h3,8H,1,4-7H2,2H3,(H,12,13). The van der Waals surface area contributed by atoms with Crippen LogP contribution in [0.25, 0.3) is 0 Å². The number of hydrogen-bond donors (Lipinski definition) is 1. The van der Waals surface area contributed by atoms with E-state index in [1.54, 1.807) is 13.0 Å². The van der Waals surface area contributed by atoms with Gasteiger partial charge in [-0.3, -0.25) is 9.59 Å². The lowest BCUT2D eigenvalue weighted by Crippen LogP contribution is -2.01. The summed E-state index contributed by atoms with van der Waals surface area (Å²) >= 11 is 0. The molecule has 0 aromatic rings. The number of carboxylic acids is 1. The Morgan fingerprint density at radius 1 is 1.33 bits per heavy atom.